The van der Waals surface area contributed by atoms with Crippen molar-refractivity contribution < 1.29 is 32.5 Å². The molecule has 0 aliphatic rings. The highest BCUT2D eigenvalue weighted by molar-refractivity contribution is 7.99. The van der Waals surface area contributed by atoms with Gasteiger partial charge in [0.15, 0.2) is 0 Å². The molecule has 14 nitrogen and oxygen atoms in total. The molecular weight excluding hydrogens is 757 g/mol. The van der Waals surface area contributed by atoms with Crippen molar-refractivity contribution in [1.82, 2.24) is 19.4 Å². The molecule has 0 unspecified atom stereocenters. The normalized spacial score (nSPS) is 11.8. The fraction of sp³-hybridized carbons (Fsp3) is 0.325. The summed E-state index contributed by atoms with van der Waals surface area (Å²) >= 11 is 1.47. The highest BCUT2D eigenvalue weighted by atomic mass is 32.2. The molecule has 2 N–H and O–H groups in total. The van der Waals surface area contributed by atoms with E-state index in [2.05, 4.69) is 5.32 Å². The molecule has 56 heavy (non-hydrogen) atoms. The first kappa shape index (κ1) is 43.3. The molecule has 4 rings (SSSR count). The lowest BCUT2D eigenvalue weighted by molar-refractivity contribution is -0.384. The van der Waals surface area contributed by atoms with Crippen LogP contribution in [0.3, 0.4) is 0 Å². The van der Waals surface area contributed by atoms with Crippen LogP contribution in [0.1, 0.15) is 28.8 Å². The molecular formula is C40H48N6O8S2. The number of nitrogens with one attached hydrogen (secondary N) is 2. The lowest BCUT2D eigenvalue weighted by atomic mass is 9.99. The van der Waals surface area contributed by atoms with Crippen molar-refractivity contribution in [2.45, 2.75) is 35.1 Å². The van der Waals surface area contributed by atoms with Gasteiger partial charge >= 0.3 is 0 Å². The van der Waals surface area contributed by atoms with Gasteiger partial charge in [0, 0.05) is 81.0 Å². The Morgan fingerprint density at radius 1 is 0.875 bits per heavy atom. The van der Waals surface area contributed by atoms with Crippen LogP contribution in [0.2, 0.25) is 0 Å². The van der Waals surface area contributed by atoms with Crippen LogP contribution in [0.4, 0.5) is 11.4 Å². The van der Waals surface area contributed by atoms with E-state index in [0.29, 0.717) is 36.5 Å². The largest absolute Gasteiger partial charge is 0.496 e. The molecule has 0 saturated heterocycles. The van der Waals surface area contributed by atoms with Crippen LogP contribution in [0.5, 0.6) is 5.75 Å². The van der Waals surface area contributed by atoms with Crippen LogP contribution in [-0.2, 0) is 26.0 Å². The topological polar surface area (TPSA) is 172 Å². The van der Waals surface area contributed by atoms with E-state index < -0.39 is 37.5 Å². The molecule has 0 saturated carbocycles. The molecule has 298 valence electrons. The van der Waals surface area contributed by atoms with Crippen molar-refractivity contribution in [2.75, 3.05) is 66.5 Å². The number of carbonyl (C=O) groups is 3. The number of rotatable bonds is 19. The van der Waals surface area contributed by atoms with Crippen LogP contribution < -0.4 is 14.8 Å². The summed E-state index contributed by atoms with van der Waals surface area (Å²) in [4.78, 5) is 55.4. The van der Waals surface area contributed by atoms with E-state index in [1.165, 1.54) is 48.0 Å². The zero-order valence-electron chi connectivity index (χ0n) is 32.4. The highest BCUT2D eigenvalue weighted by Gasteiger charge is 2.26. The van der Waals surface area contributed by atoms with Crippen molar-refractivity contribution in [2.24, 2.45) is 0 Å². The number of methoxy groups -OCH3 is 1. The minimum Gasteiger partial charge on any atom is -0.496 e. The molecule has 0 aliphatic heterocycles. The summed E-state index contributed by atoms with van der Waals surface area (Å²) in [5.41, 5.74) is 1.90. The average Bonchev–Trinajstić information content (AvgIpc) is 3.18. The number of hydrogen-bond acceptors (Lipinski definition) is 11. The zero-order valence-corrected chi connectivity index (χ0v) is 34.0. The number of anilines is 1. The van der Waals surface area contributed by atoms with E-state index in [9.17, 15) is 32.9 Å². The predicted octanol–water partition coefficient (Wildman–Crippen LogP) is 5.39. The predicted molar refractivity (Wildman–Crippen MR) is 219 cm³/mol. The molecule has 0 bridgehead atoms. The number of nitrogens with zero attached hydrogens (tertiary/aromatic N) is 4. The maximum atomic E-state index is 13.3. The van der Waals surface area contributed by atoms with Crippen LogP contribution in [0.15, 0.2) is 101 Å². The summed E-state index contributed by atoms with van der Waals surface area (Å²) in [7, 11) is 5.95. The summed E-state index contributed by atoms with van der Waals surface area (Å²) < 4.78 is 34.3. The molecule has 0 spiro atoms. The van der Waals surface area contributed by atoms with Crippen LogP contribution in [-0.4, -0.2) is 113 Å². The van der Waals surface area contributed by atoms with Gasteiger partial charge in [0.25, 0.3) is 21.6 Å². The Kier molecular flexibility index (Phi) is 15.4. The van der Waals surface area contributed by atoms with E-state index in [4.69, 9.17) is 4.74 Å². The number of thioether (sulfide) groups is 1. The molecule has 0 aliphatic carbocycles. The number of likely N-dealkylation sites (N-methyl/N-ethyl adjacent to an activating group) is 2. The van der Waals surface area contributed by atoms with E-state index >= 15 is 0 Å². The van der Waals surface area contributed by atoms with E-state index in [0.717, 1.165) is 28.6 Å². The fourth-order valence-corrected chi connectivity index (χ4v) is 7.46. The number of hydrogen-bond donors (Lipinski definition) is 2. The number of nitro groups is 1. The molecule has 0 heterocycles. The number of amides is 3. The molecule has 4 aromatic carbocycles. The minimum atomic E-state index is -4.53. The Morgan fingerprint density at radius 3 is 2.20 bits per heavy atom. The minimum absolute atomic E-state index is 0.0289. The molecule has 0 aromatic heterocycles. The summed E-state index contributed by atoms with van der Waals surface area (Å²) in [6.45, 7) is 1.41. The second-order valence-corrected chi connectivity index (χ2v) is 16.3. The van der Waals surface area contributed by atoms with Gasteiger partial charge in [0.05, 0.1) is 16.9 Å². The lowest BCUT2D eigenvalue weighted by Gasteiger charge is -2.21. The van der Waals surface area contributed by atoms with Crippen LogP contribution >= 0.6 is 11.8 Å². The summed E-state index contributed by atoms with van der Waals surface area (Å²) in [6, 6.07) is 24.1. The lowest BCUT2D eigenvalue weighted by Crippen LogP contribution is -2.33. The first-order chi connectivity index (χ1) is 26.6. The Labute approximate surface area is 332 Å². The number of sulfonamides is 1. The fourth-order valence-electron chi connectivity index (χ4n) is 5.52. The maximum absolute atomic E-state index is 13.3. The van der Waals surface area contributed by atoms with Gasteiger partial charge in [0.2, 0.25) is 11.8 Å². The third-order valence-electron chi connectivity index (χ3n) is 8.84. The monoisotopic (exact) mass is 804 g/mol. The van der Waals surface area contributed by atoms with Gasteiger partial charge in [-0.3, -0.25) is 24.5 Å². The third-order valence-corrected chi connectivity index (χ3v) is 11.3. The SMILES string of the molecule is COc1cc(CCC(=O)N(C)CCN(C)C)ccc1-c1ccc(C(=O)NS(=O)(=O)c2ccc(N[C@@H](CSc3ccccc3)CC(=O)N(C)C)c([N+](=O)[O-])c2)cc1. The number of ether oxygens (including phenoxy) is 1. The third kappa shape index (κ3) is 12.3. The van der Waals surface area contributed by atoms with Gasteiger partial charge in [-0.15, -0.1) is 11.8 Å². The molecule has 16 heteroatoms. The second kappa shape index (κ2) is 19.9. The smallest absolute Gasteiger partial charge is 0.293 e. The number of nitro benzene ring substituents is 1. The molecule has 1 atom stereocenters. The number of carbonyl (C=O) groups excluding carboxylic acids is 3. The van der Waals surface area contributed by atoms with Crippen molar-refractivity contribution in [3.05, 3.63) is 112 Å². The van der Waals surface area contributed by atoms with E-state index in [1.807, 2.05) is 72.2 Å². The Bertz CT molecular complexity index is 2110. The van der Waals surface area contributed by atoms with E-state index in [1.54, 1.807) is 38.2 Å². The van der Waals surface area contributed by atoms with Gasteiger partial charge in [0.1, 0.15) is 11.4 Å². The van der Waals surface area contributed by atoms with Crippen molar-refractivity contribution >= 4 is 50.9 Å². The van der Waals surface area contributed by atoms with Gasteiger partial charge in [-0.05, 0) is 74.1 Å². The molecule has 3 amide bonds. The quantitative estimate of drug-likeness (QED) is 0.0708. The Morgan fingerprint density at radius 2 is 1.57 bits per heavy atom. The van der Waals surface area contributed by atoms with Crippen molar-refractivity contribution in [3.63, 3.8) is 0 Å². The second-order valence-electron chi connectivity index (χ2n) is 13.6. The first-order valence-corrected chi connectivity index (χ1v) is 20.2. The van der Waals surface area contributed by atoms with Crippen LogP contribution in [0.25, 0.3) is 11.1 Å². The number of aryl methyl sites for hydroxylation is 1. The summed E-state index contributed by atoms with van der Waals surface area (Å²) in [5.74, 6) is -0.105. The van der Waals surface area contributed by atoms with Crippen LogP contribution in [0, 0.1) is 10.1 Å². The summed E-state index contributed by atoms with van der Waals surface area (Å²) in [6.07, 6.45) is 0.917. The highest BCUT2D eigenvalue weighted by Crippen LogP contribution is 2.33. The molecule has 0 fully saturated rings. The number of benzene rings is 4. The molecule has 4 aromatic rings. The Balaban J connectivity index is 1.45. The average molecular weight is 805 g/mol. The van der Waals surface area contributed by atoms with Crippen molar-refractivity contribution in [1.29, 1.82) is 0 Å². The molecule has 0 radical (unpaired) electrons. The standard InChI is InChI=1S/C40H48N6O8S2/c1-43(2)22-23-45(5)38(47)21-13-28-12-19-34(37(24-28)54-6)29-14-16-30(17-15-29)40(49)42-56(52,53)33-18-20-35(36(26-33)46(50)51)41-31(25-39(48)44(3)4)27-55-32-10-8-7-9-11-32/h7-12,14-20,24,26,31,41H,13,21-23,25,27H2,1-6H3,(H,42,49)/t31-/m1/s1. The Hall–Kier alpha value is -5.45. The zero-order chi connectivity index (χ0) is 41.0. The van der Waals surface area contributed by atoms with Crippen molar-refractivity contribution in [3.8, 4) is 16.9 Å². The van der Waals surface area contributed by atoms with E-state index in [-0.39, 0.29) is 29.5 Å². The van der Waals surface area contributed by atoms with Gasteiger partial charge < -0.3 is 24.8 Å². The summed E-state index contributed by atoms with van der Waals surface area (Å²) in [5, 5.41) is 15.2. The maximum Gasteiger partial charge on any atom is 0.293 e. The first-order valence-electron chi connectivity index (χ1n) is 17.7. The van der Waals surface area contributed by atoms with Gasteiger partial charge in [-0.2, -0.15) is 0 Å². The van der Waals surface area contributed by atoms with Gasteiger partial charge in [-0.1, -0.05) is 42.5 Å². The van der Waals surface area contributed by atoms with Gasteiger partial charge in [-0.25, -0.2) is 13.1 Å².